The molecule has 0 radical (unpaired) electrons. The molecule has 0 rings (SSSR count). The van der Waals surface area contributed by atoms with E-state index in [4.69, 9.17) is 0 Å². The highest BCUT2D eigenvalue weighted by molar-refractivity contribution is 5.85. The van der Waals surface area contributed by atoms with Gasteiger partial charge in [-0.3, -0.25) is 0 Å². The molecule has 1 unspecified atom stereocenters. The third kappa shape index (κ3) is 6.12. The topological polar surface area (TPSA) is 12.0 Å². The highest BCUT2D eigenvalue weighted by Gasteiger charge is 2.02. The average Bonchev–Trinajstić information content (AvgIpc) is 1.82. The maximum absolute atomic E-state index is 3.63. The van der Waals surface area contributed by atoms with Crippen molar-refractivity contribution in [3.8, 4) is 0 Å². The van der Waals surface area contributed by atoms with Gasteiger partial charge in [0, 0.05) is 12.6 Å². The summed E-state index contributed by atoms with van der Waals surface area (Å²) in [5, 5.41) is 3.31. The molecule has 0 saturated heterocycles. The zero-order valence-electron chi connectivity index (χ0n) is 7.05. The van der Waals surface area contributed by atoms with E-state index >= 15 is 0 Å². The van der Waals surface area contributed by atoms with Gasteiger partial charge >= 0.3 is 0 Å². The van der Waals surface area contributed by atoms with Gasteiger partial charge in [0.2, 0.25) is 0 Å². The van der Waals surface area contributed by atoms with E-state index in [0.717, 1.165) is 6.54 Å². The van der Waals surface area contributed by atoms with Crippen LogP contribution in [0.3, 0.4) is 0 Å². The Morgan fingerprint density at radius 1 is 1.40 bits per heavy atom. The van der Waals surface area contributed by atoms with Gasteiger partial charge in [-0.2, -0.15) is 0 Å². The van der Waals surface area contributed by atoms with Crippen molar-refractivity contribution in [2.24, 2.45) is 5.92 Å². The molecule has 0 fully saturated rings. The van der Waals surface area contributed by atoms with Crippen molar-refractivity contribution < 1.29 is 0 Å². The Labute approximate surface area is 70.3 Å². The molecule has 0 aliphatic heterocycles. The summed E-state index contributed by atoms with van der Waals surface area (Å²) in [5.74, 6) is 0.713. The van der Waals surface area contributed by atoms with Gasteiger partial charge < -0.3 is 5.32 Å². The van der Waals surface area contributed by atoms with E-state index in [0.29, 0.717) is 12.0 Å². The largest absolute Gasteiger partial charge is 0.311 e. The predicted molar refractivity (Wildman–Crippen MR) is 49.7 cm³/mol. The molecular formula is C8H18ClN. The van der Waals surface area contributed by atoms with Crippen LogP contribution >= 0.6 is 12.4 Å². The van der Waals surface area contributed by atoms with Gasteiger partial charge in [-0.15, -0.1) is 19.0 Å². The molecule has 10 heavy (non-hydrogen) atoms. The van der Waals surface area contributed by atoms with Crippen molar-refractivity contribution in [3.05, 3.63) is 12.7 Å². The van der Waals surface area contributed by atoms with Gasteiger partial charge in [0.15, 0.2) is 0 Å². The minimum atomic E-state index is 0. The fourth-order valence-corrected chi connectivity index (χ4v) is 0.505. The first-order valence-corrected chi connectivity index (χ1v) is 3.52. The summed E-state index contributed by atoms with van der Waals surface area (Å²) in [6.07, 6.45) is 1.89. The summed E-state index contributed by atoms with van der Waals surface area (Å²) in [7, 11) is 0. The number of nitrogens with one attached hydrogen (secondary N) is 1. The summed E-state index contributed by atoms with van der Waals surface area (Å²) in [4.78, 5) is 0. The lowest BCUT2D eigenvalue weighted by Gasteiger charge is -2.15. The van der Waals surface area contributed by atoms with Crippen LogP contribution < -0.4 is 5.32 Å². The van der Waals surface area contributed by atoms with Crippen molar-refractivity contribution >= 4 is 12.4 Å². The van der Waals surface area contributed by atoms with E-state index in [1.807, 2.05) is 6.08 Å². The number of hydrogen-bond donors (Lipinski definition) is 1. The highest BCUT2D eigenvalue weighted by Crippen LogP contribution is 1.98. The van der Waals surface area contributed by atoms with E-state index in [1.54, 1.807) is 0 Å². The summed E-state index contributed by atoms with van der Waals surface area (Å²) < 4.78 is 0. The molecule has 0 aliphatic carbocycles. The average molecular weight is 164 g/mol. The Morgan fingerprint density at radius 3 is 2.20 bits per heavy atom. The third-order valence-corrected chi connectivity index (χ3v) is 1.58. The van der Waals surface area contributed by atoms with Crippen LogP contribution in [0.15, 0.2) is 12.7 Å². The quantitative estimate of drug-likeness (QED) is 0.627. The number of hydrogen-bond acceptors (Lipinski definition) is 1. The molecule has 1 N–H and O–H groups in total. The molecule has 0 aromatic carbocycles. The van der Waals surface area contributed by atoms with Crippen molar-refractivity contribution in [3.63, 3.8) is 0 Å². The van der Waals surface area contributed by atoms with Gasteiger partial charge in [0.25, 0.3) is 0 Å². The molecule has 0 spiro atoms. The van der Waals surface area contributed by atoms with Gasteiger partial charge in [-0.1, -0.05) is 19.9 Å². The van der Waals surface area contributed by atoms with Gasteiger partial charge in [0.05, 0.1) is 0 Å². The fraction of sp³-hybridized carbons (Fsp3) is 0.750. The smallest absolute Gasteiger partial charge is 0.0134 e. The molecule has 0 aliphatic rings. The monoisotopic (exact) mass is 163 g/mol. The van der Waals surface area contributed by atoms with Crippen molar-refractivity contribution in [2.75, 3.05) is 6.54 Å². The molecule has 0 heterocycles. The van der Waals surface area contributed by atoms with Gasteiger partial charge in [-0.05, 0) is 12.8 Å². The van der Waals surface area contributed by atoms with Crippen molar-refractivity contribution in [1.82, 2.24) is 5.32 Å². The molecule has 1 nitrogen and oxygen atoms in total. The van der Waals surface area contributed by atoms with E-state index in [2.05, 4.69) is 32.7 Å². The minimum absolute atomic E-state index is 0. The predicted octanol–water partition coefficient (Wildman–Crippen LogP) is 2.23. The van der Waals surface area contributed by atoms with Gasteiger partial charge in [0.1, 0.15) is 0 Å². The molecule has 62 valence electrons. The number of halogens is 1. The maximum Gasteiger partial charge on any atom is 0.0134 e. The highest BCUT2D eigenvalue weighted by atomic mass is 35.5. The summed E-state index contributed by atoms with van der Waals surface area (Å²) >= 11 is 0. The summed E-state index contributed by atoms with van der Waals surface area (Å²) in [6, 6.07) is 0.600. The van der Waals surface area contributed by atoms with Crippen LogP contribution in [-0.2, 0) is 0 Å². The zero-order valence-corrected chi connectivity index (χ0v) is 7.87. The van der Waals surface area contributed by atoms with E-state index in [1.165, 1.54) is 0 Å². The maximum atomic E-state index is 3.63. The molecule has 0 saturated carbocycles. The van der Waals surface area contributed by atoms with E-state index in [-0.39, 0.29) is 12.4 Å². The Balaban J connectivity index is 0. The Bertz CT molecular complexity index is 81.3. The van der Waals surface area contributed by atoms with Crippen LogP contribution in [0.4, 0.5) is 0 Å². The molecule has 0 aromatic rings. The second kappa shape index (κ2) is 7.10. The Morgan fingerprint density at radius 2 is 1.90 bits per heavy atom. The lowest BCUT2D eigenvalue weighted by Crippen LogP contribution is -2.30. The number of rotatable bonds is 4. The SMILES string of the molecule is C=CCNC(C)C(C)C.Cl. The zero-order chi connectivity index (χ0) is 7.28. The molecule has 0 amide bonds. The minimum Gasteiger partial charge on any atom is -0.311 e. The molecule has 1 atom stereocenters. The van der Waals surface area contributed by atoms with E-state index < -0.39 is 0 Å². The van der Waals surface area contributed by atoms with E-state index in [9.17, 15) is 0 Å². The lowest BCUT2D eigenvalue weighted by molar-refractivity contribution is 0.445. The van der Waals surface area contributed by atoms with Crippen LogP contribution in [0, 0.1) is 5.92 Å². The summed E-state index contributed by atoms with van der Waals surface area (Å²) in [5.41, 5.74) is 0. The van der Waals surface area contributed by atoms with Crippen LogP contribution in [0.2, 0.25) is 0 Å². The first kappa shape index (κ1) is 12.6. The van der Waals surface area contributed by atoms with Crippen LogP contribution in [0.1, 0.15) is 20.8 Å². The summed E-state index contributed by atoms with van der Waals surface area (Å²) in [6.45, 7) is 11.2. The standard InChI is InChI=1S/C8H17N.ClH/c1-5-6-9-8(4)7(2)3;/h5,7-9H,1,6H2,2-4H3;1H. The molecule has 0 aromatic heterocycles. The van der Waals surface area contributed by atoms with Crippen LogP contribution in [0.25, 0.3) is 0 Å². The Kier molecular flexibility index (Phi) is 8.98. The fourth-order valence-electron chi connectivity index (χ4n) is 0.505. The normalized spacial score (nSPS) is 12.4. The second-order valence-corrected chi connectivity index (χ2v) is 2.73. The molecule has 2 heteroatoms. The van der Waals surface area contributed by atoms with Crippen molar-refractivity contribution in [2.45, 2.75) is 26.8 Å². The van der Waals surface area contributed by atoms with Crippen LogP contribution in [-0.4, -0.2) is 12.6 Å². The van der Waals surface area contributed by atoms with Crippen LogP contribution in [0.5, 0.6) is 0 Å². The van der Waals surface area contributed by atoms with Crippen molar-refractivity contribution in [1.29, 1.82) is 0 Å². The second-order valence-electron chi connectivity index (χ2n) is 2.73. The molecular weight excluding hydrogens is 146 g/mol. The Hall–Kier alpha value is -0.0100. The van der Waals surface area contributed by atoms with Gasteiger partial charge in [-0.25, -0.2) is 0 Å². The first-order valence-electron chi connectivity index (χ1n) is 3.52. The lowest BCUT2D eigenvalue weighted by atomic mass is 10.1. The molecule has 0 bridgehead atoms. The third-order valence-electron chi connectivity index (χ3n) is 1.58. The first-order chi connectivity index (χ1) is 4.18.